The Morgan fingerprint density at radius 2 is 1.82 bits per heavy atom. The average molecular weight is 380 g/mol. The summed E-state index contributed by atoms with van der Waals surface area (Å²) in [5.41, 5.74) is 4.57. The summed E-state index contributed by atoms with van der Waals surface area (Å²) < 4.78 is 0. The van der Waals surface area contributed by atoms with E-state index in [0.29, 0.717) is 12.8 Å². The number of fused-ring (bicyclic) bond motifs is 1. The van der Waals surface area contributed by atoms with Gasteiger partial charge in [-0.25, -0.2) is 0 Å². The molecule has 1 aliphatic carbocycles. The lowest BCUT2D eigenvalue weighted by atomic mass is 9.80. The number of amides is 2. The number of rotatable bonds is 7. The Morgan fingerprint density at radius 1 is 1.07 bits per heavy atom. The van der Waals surface area contributed by atoms with Crippen molar-refractivity contribution in [1.82, 2.24) is 10.6 Å². The lowest BCUT2D eigenvalue weighted by molar-refractivity contribution is -0.126. The van der Waals surface area contributed by atoms with Gasteiger partial charge in [0.05, 0.1) is 12.6 Å². The Hall–Kier alpha value is -2.66. The van der Waals surface area contributed by atoms with Crippen molar-refractivity contribution in [1.29, 1.82) is 0 Å². The van der Waals surface area contributed by atoms with E-state index in [4.69, 9.17) is 0 Å². The lowest BCUT2D eigenvalue weighted by Gasteiger charge is -2.33. The Labute approximate surface area is 166 Å². The van der Waals surface area contributed by atoms with Crippen molar-refractivity contribution in [3.8, 4) is 0 Å². The normalized spacial score (nSPS) is 18.2. The zero-order valence-electron chi connectivity index (χ0n) is 16.3. The van der Waals surface area contributed by atoms with Crippen LogP contribution in [0.1, 0.15) is 41.1 Å². The van der Waals surface area contributed by atoms with E-state index in [-0.39, 0.29) is 36.9 Å². The van der Waals surface area contributed by atoms with E-state index in [9.17, 15) is 14.7 Å². The fraction of sp³-hybridized carbons (Fsp3) is 0.391. The molecule has 0 saturated carbocycles. The molecule has 28 heavy (non-hydrogen) atoms. The molecular weight excluding hydrogens is 352 g/mol. The third-order valence-electron chi connectivity index (χ3n) is 5.40. The highest BCUT2D eigenvalue weighted by Gasteiger charge is 2.30. The Balaban J connectivity index is 1.49. The van der Waals surface area contributed by atoms with Gasteiger partial charge in [-0.1, -0.05) is 54.1 Å². The number of aryl methyl sites for hydroxylation is 3. The van der Waals surface area contributed by atoms with Crippen molar-refractivity contribution < 1.29 is 14.7 Å². The summed E-state index contributed by atoms with van der Waals surface area (Å²) in [6, 6.07) is 15.9. The van der Waals surface area contributed by atoms with Gasteiger partial charge >= 0.3 is 0 Å². The molecule has 5 nitrogen and oxygen atoms in total. The van der Waals surface area contributed by atoms with Crippen molar-refractivity contribution in [2.75, 3.05) is 13.2 Å². The minimum absolute atomic E-state index is 0.00362. The maximum atomic E-state index is 12.4. The minimum atomic E-state index is -0.233. The van der Waals surface area contributed by atoms with Crippen LogP contribution < -0.4 is 10.6 Å². The fourth-order valence-electron chi connectivity index (χ4n) is 3.72. The van der Waals surface area contributed by atoms with E-state index in [1.807, 2.05) is 49.4 Å². The Bertz CT molecular complexity index is 817. The number of carbonyl (C=O) groups excluding carboxylic acids is 2. The van der Waals surface area contributed by atoms with Crippen LogP contribution in [0, 0.1) is 12.8 Å². The second kappa shape index (κ2) is 9.51. The summed E-state index contributed by atoms with van der Waals surface area (Å²) in [4.78, 5) is 24.5. The highest BCUT2D eigenvalue weighted by Crippen LogP contribution is 2.34. The quantitative estimate of drug-likeness (QED) is 0.690. The summed E-state index contributed by atoms with van der Waals surface area (Å²) in [5, 5.41) is 15.4. The van der Waals surface area contributed by atoms with Gasteiger partial charge in [-0.15, -0.1) is 0 Å². The molecule has 2 amide bonds. The van der Waals surface area contributed by atoms with Gasteiger partial charge in [0.2, 0.25) is 11.8 Å². The van der Waals surface area contributed by atoms with Crippen LogP contribution in [-0.2, 0) is 22.4 Å². The van der Waals surface area contributed by atoms with Crippen LogP contribution in [0.4, 0.5) is 0 Å². The van der Waals surface area contributed by atoms with Crippen LogP contribution in [0.3, 0.4) is 0 Å². The molecule has 3 N–H and O–H groups in total. The standard InChI is InChI=1S/C23H28N2O3/c1-16-6-8-17(9-7-16)10-13-21(27)24-14-22(28)25-23-19(15-26)12-11-18-4-2-3-5-20(18)23/h2-9,19,23,26H,10-15H2,1H3,(H,24,27)(H,25,28). The first-order valence-electron chi connectivity index (χ1n) is 9.87. The third-order valence-corrected chi connectivity index (χ3v) is 5.40. The van der Waals surface area contributed by atoms with E-state index >= 15 is 0 Å². The molecule has 0 aliphatic heterocycles. The maximum absolute atomic E-state index is 12.4. The van der Waals surface area contributed by atoms with Gasteiger partial charge in [0.15, 0.2) is 0 Å². The summed E-state index contributed by atoms with van der Waals surface area (Å²) >= 11 is 0. The van der Waals surface area contributed by atoms with Crippen LogP contribution >= 0.6 is 0 Å². The molecule has 5 heteroatoms. The van der Waals surface area contributed by atoms with Crippen molar-refractivity contribution in [2.45, 2.75) is 38.6 Å². The number of nitrogens with one attached hydrogen (secondary N) is 2. The summed E-state index contributed by atoms with van der Waals surface area (Å²) in [7, 11) is 0. The predicted molar refractivity (Wildman–Crippen MR) is 109 cm³/mol. The van der Waals surface area contributed by atoms with Gasteiger partial charge in [0.1, 0.15) is 0 Å². The van der Waals surface area contributed by atoms with E-state index in [1.165, 1.54) is 11.1 Å². The maximum Gasteiger partial charge on any atom is 0.239 e. The van der Waals surface area contributed by atoms with Crippen LogP contribution in [0.15, 0.2) is 48.5 Å². The summed E-state index contributed by atoms with van der Waals surface area (Å²) in [5.74, 6) is -0.376. The average Bonchev–Trinajstić information content (AvgIpc) is 2.72. The van der Waals surface area contributed by atoms with E-state index in [0.717, 1.165) is 24.0 Å². The highest BCUT2D eigenvalue weighted by molar-refractivity contribution is 5.85. The molecular formula is C23H28N2O3. The van der Waals surface area contributed by atoms with Crippen molar-refractivity contribution >= 4 is 11.8 Å². The minimum Gasteiger partial charge on any atom is -0.396 e. The zero-order valence-corrected chi connectivity index (χ0v) is 16.3. The number of hydrogen-bond donors (Lipinski definition) is 3. The van der Waals surface area contributed by atoms with Crippen LogP contribution in [0.2, 0.25) is 0 Å². The molecule has 0 saturated heterocycles. The molecule has 2 unspecified atom stereocenters. The number of aliphatic hydroxyl groups excluding tert-OH is 1. The molecule has 0 bridgehead atoms. The summed E-state index contributed by atoms with van der Waals surface area (Å²) in [6.07, 6.45) is 2.74. The third kappa shape index (κ3) is 5.20. The topological polar surface area (TPSA) is 78.4 Å². The fourth-order valence-corrected chi connectivity index (χ4v) is 3.72. The molecule has 2 aromatic carbocycles. The van der Waals surface area contributed by atoms with Crippen LogP contribution in [0.5, 0.6) is 0 Å². The Kier molecular flexibility index (Phi) is 6.82. The molecule has 148 valence electrons. The van der Waals surface area contributed by atoms with Gasteiger partial charge in [-0.3, -0.25) is 9.59 Å². The largest absolute Gasteiger partial charge is 0.396 e. The van der Waals surface area contributed by atoms with Gasteiger partial charge in [0.25, 0.3) is 0 Å². The number of benzene rings is 2. The molecule has 0 aromatic heterocycles. The zero-order chi connectivity index (χ0) is 19.9. The number of hydrogen-bond acceptors (Lipinski definition) is 3. The molecule has 0 heterocycles. The van der Waals surface area contributed by atoms with Gasteiger partial charge in [-0.2, -0.15) is 0 Å². The number of aliphatic hydroxyl groups is 1. The van der Waals surface area contributed by atoms with Crippen molar-refractivity contribution in [3.63, 3.8) is 0 Å². The molecule has 2 atom stereocenters. The van der Waals surface area contributed by atoms with E-state index in [2.05, 4.69) is 16.7 Å². The molecule has 1 aliphatic rings. The van der Waals surface area contributed by atoms with Crippen molar-refractivity contribution in [2.24, 2.45) is 5.92 Å². The first-order chi connectivity index (χ1) is 13.6. The van der Waals surface area contributed by atoms with Crippen molar-refractivity contribution in [3.05, 3.63) is 70.8 Å². The predicted octanol–water partition coefficient (Wildman–Crippen LogP) is 2.46. The highest BCUT2D eigenvalue weighted by atomic mass is 16.3. The second-order valence-corrected chi connectivity index (χ2v) is 7.49. The van der Waals surface area contributed by atoms with Crippen LogP contribution in [-0.4, -0.2) is 30.1 Å². The molecule has 0 spiro atoms. The first kappa shape index (κ1) is 20.1. The smallest absolute Gasteiger partial charge is 0.239 e. The van der Waals surface area contributed by atoms with Gasteiger partial charge < -0.3 is 15.7 Å². The first-order valence-corrected chi connectivity index (χ1v) is 9.87. The SMILES string of the molecule is Cc1ccc(CCC(=O)NCC(=O)NC2c3ccccc3CCC2CO)cc1. The molecule has 0 radical (unpaired) electrons. The number of carbonyl (C=O) groups is 2. The second-order valence-electron chi connectivity index (χ2n) is 7.49. The Morgan fingerprint density at radius 3 is 2.57 bits per heavy atom. The lowest BCUT2D eigenvalue weighted by Crippen LogP contribution is -2.43. The summed E-state index contributed by atoms with van der Waals surface area (Å²) in [6.45, 7) is 2.01. The monoisotopic (exact) mass is 380 g/mol. The molecule has 0 fully saturated rings. The van der Waals surface area contributed by atoms with E-state index in [1.54, 1.807) is 0 Å². The van der Waals surface area contributed by atoms with Gasteiger partial charge in [-0.05, 0) is 42.9 Å². The van der Waals surface area contributed by atoms with Gasteiger partial charge in [0, 0.05) is 18.9 Å². The molecule has 2 aromatic rings. The van der Waals surface area contributed by atoms with Crippen LogP contribution in [0.25, 0.3) is 0 Å². The molecule has 3 rings (SSSR count). The van der Waals surface area contributed by atoms with E-state index < -0.39 is 0 Å².